The minimum absolute atomic E-state index is 0.0785. The molecule has 0 saturated carbocycles. The number of aromatic hydroxyl groups is 1. The number of amides is 1. The summed E-state index contributed by atoms with van der Waals surface area (Å²) in [6.45, 7) is 0. The van der Waals surface area contributed by atoms with Crippen LogP contribution in [0, 0.1) is 0 Å². The van der Waals surface area contributed by atoms with Gasteiger partial charge in [-0.1, -0.05) is 23.2 Å². The first-order chi connectivity index (χ1) is 12.9. The zero-order valence-corrected chi connectivity index (χ0v) is 15.1. The predicted octanol–water partition coefficient (Wildman–Crippen LogP) is 5.02. The Morgan fingerprint density at radius 3 is 2.52 bits per heavy atom. The van der Waals surface area contributed by atoms with E-state index in [-0.39, 0.29) is 33.2 Å². The monoisotopic (exact) mass is 399 g/mol. The van der Waals surface area contributed by atoms with Crippen molar-refractivity contribution < 1.29 is 19.1 Å². The fourth-order valence-electron chi connectivity index (χ4n) is 2.86. The summed E-state index contributed by atoms with van der Waals surface area (Å²) in [5, 5.41) is 12.6. The van der Waals surface area contributed by atoms with Crippen molar-refractivity contribution in [2.45, 2.75) is 0 Å². The number of anilines is 1. The molecule has 0 saturated heterocycles. The van der Waals surface area contributed by atoms with Crippen LogP contribution in [-0.2, 0) is 4.79 Å². The van der Waals surface area contributed by atoms with Gasteiger partial charge in [-0.05, 0) is 54.1 Å². The van der Waals surface area contributed by atoms with Gasteiger partial charge in [0.1, 0.15) is 0 Å². The fourth-order valence-corrected chi connectivity index (χ4v) is 3.36. The maximum Gasteiger partial charge on any atom is 0.256 e. The highest BCUT2D eigenvalue weighted by atomic mass is 35.5. The third-order valence-electron chi connectivity index (χ3n) is 4.16. The van der Waals surface area contributed by atoms with Crippen LogP contribution >= 0.6 is 23.2 Å². The molecule has 2 N–H and O–H groups in total. The van der Waals surface area contributed by atoms with Crippen LogP contribution in [0.5, 0.6) is 5.75 Å². The zero-order chi connectivity index (χ0) is 19.1. The number of carbonyl (C=O) groups excluding carboxylic acids is 2. The van der Waals surface area contributed by atoms with Gasteiger partial charge in [0, 0.05) is 22.4 Å². The molecule has 27 heavy (non-hydrogen) atoms. The third kappa shape index (κ3) is 3.12. The summed E-state index contributed by atoms with van der Waals surface area (Å²) in [6.07, 6.45) is 3.02. The Morgan fingerprint density at radius 1 is 1.11 bits per heavy atom. The van der Waals surface area contributed by atoms with E-state index < -0.39 is 0 Å². The Hall–Kier alpha value is -3.02. The maximum absolute atomic E-state index is 12.5. The number of halogens is 2. The van der Waals surface area contributed by atoms with Crippen molar-refractivity contribution in [2.24, 2.45) is 0 Å². The van der Waals surface area contributed by atoms with Gasteiger partial charge in [-0.2, -0.15) is 0 Å². The molecule has 0 aliphatic carbocycles. The number of hydrogen-bond donors (Lipinski definition) is 2. The lowest BCUT2D eigenvalue weighted by Crippen LogP contribution is -2.03. The van der Waals surface area contributed by atoms with E-state index in [1.165, 1.54) is 18.4 Å². The molecule has 0 bridgehead atoms. The normalized spacial score (nSPS) is 14.3. The summed E-state index contributed by atoms with van der Waals surface area (Å²) in [4.78, 5) is 24.9. The molecule has 1 aliphatic heterocycles. The second-order valence-electron chi connectivity index (χ2n) is 5.91. The third-order valence-corrected chi connectivity index (χ3v) is 4.74. The smallest absolute Gasteiger partial charge is 0.256 e. The van der Waals surface area contributed by atoms with Crippen LogP contribution in [0.1, 0.15) is 27.2 Å². The van der Waals surface area contributed by atoms with Gasteiger partial charge >= 0.3 is 0 Å². The number of phenols is 1. The number of carbonyl (C=O) groups is 2. The van der Waals surface area contributed by atoms with E-state index in [9.17, 15) is 14.7 Å². The van der Waals surface area contributed by atoms with Crippen molar-refractivity contribution in [3.63, 3.8) is 0 Å². The van der Waals surface area contributed by atoms with E-state index >= 15 is 0 Å². The predicted molar refractivity (Wildman–Crippen MR) is 103 cm³/mol. The van der Waals surface area contributed by atoms with E-state index in [1.54, 1.807) is 36.4 Å². The summed E-state index contributed by atoms with van der Waals surface area (Å²) in [5.41, 5.74) is 2.48. The van der Waals surface area contributed by atoms with E-state index in [0.717, 1.165) is 0 Å². The molecule has 0 unspecified atom stereocenters. The van der Waals surface area contributed by atoms with Crippen LogP contribution in [0.15, 0.2) is 53.1 Å². The molecule has 0 atom stereocenters. The van der Waals surface area contributed by atoms with Crippen LogP contribution in [0.25, 0.3) is 11.6 Å². The van der Waals surface area contributed by atoms with Crippen LogP contribution < -0.4 is 5.32 Å². The van der Waals surface area contributed by atoms with Crippen LogP contribution in [0.3, 0.4) is 0 Å². The molecule has 1 amide bonds. The molecular weight excluding hydrogens is 389 g/mol. The molecule has 3 aromatic rings. The molecule has 134 valence electrons. The van der Waals surface area contributed by atoms with Crippen LogP contribution in [0.4, 0.5) is 5.69 Å². The minimum atomic E-state index is -0.312. The van der Waals surface area contributed by atoms with E-state index in [2.05, 4.69) is 5.32 Å². The van der Waals surface area contributed by atoms with Crippen LogP contribution in [-0.4, -0.2) is 16.8 Å². The highest BCUT2D eigenvalue weighted by Crippen LogP contribution is 2.37. The second kappa shape index (κ2) is 6.61. The van der Waals surface area contributed by atoms with Gasteiger partial charge in [-0.25, -0.2) is 0 Å². The first-order valence-corrected chi connectivity index (χ1v) is 8.63. The van der Waals surface area contributed by atoms with Gasteiger partial charge in [-0.3, -0.25) is 9.59 Å². The number of nitrogens with one attached hydrogen (secondary N) is 1. The molecule has 0 spiro atoms. The van der Waals surface area contributed by atoms with Gasteiger partial charge < -0.3 is 14.8 Å². The maximum atomic E-state index is 12.5. The van der Waals surface area contributed by atoms with Crippen molar-refractivity contribution >= 4 is 52.2 Å². The van der Waals surface area contributed by atoms with Gasteiger partial charge in [0.15, 0.2) is 11.5 Å². The van der Waals surface area contributed by atoms with Crippen molar-refractivity contribution in [3.05, 3.63) is 81.2 Å². The first kappa shape index (κ1) is 17.4. The minimum Gasteiger partial charge on any atom is -0.505 e. The molecule has 7 heteroatoms. The molecule has 1 aliphatic rings. The lowest BCUT2D eigenvalue weighted by Gasteiger charge is -2.04. The topological polar surface area (TPSA) is 79.5 Å². The largest absolute Gasteiger partial charge is 0.505 e. The summed E-state index contributed by atoms with van der Waals surface area (Å²) < 4.78 is 5.15. The van der Waals surface area contributed by atoms with Gasteiger partial charge in [-0.15, -0.1) is 0 Å². The molecule has 4 rings (SSSR count). The zero-order valence-electron chi connectivity index (χ0n) is 13.6. The molecule has 0 radical (unpaired) electrons. The number of furan rings is 1. The summed E-state index contributed by atoms with van der Waals surface area (Å²) >= 11 is 11.9. The number of ketones is 1. The fraction of sp³-hybridized carbons (Fsp3) is 0. The number of hydrogen-bond acceptors (Lipinski definition) is 4. The van der Waals surface area contributed by atoms with Gasteiger partial charge in [0.05, 0.1) is 16.3 Å². The summed E-state index contributed by atoms with van der Waals surface area (Å²) in [6, 6.07) is 11.1. The Kier molecular flexibility index (Phi) is 4.26. The van der Waals surface area contributed by atoms with E-state index in [0.29, 0.717) is 28.0 Å². The SMILES string of the molecule is O=C1Nc2ccc(C(=O)c3ccco3)cc2C1=Cc1cc(Cl)c(O)c(Cl)c1. The number of rotatable bonds is 3. The second-order valence-corrected chi connectivity index (χ2v) is 6.73. The lowest BCUT2D eigenvalue weighted by atomic mass is 9.99. The quantitative estimate of drug-likeness (QED) is 0.478. The van der Waals surface area contributed by atoms with Crippen LogP contribution in [0.2, 0.25) is 10.0 Å². The molecule has 1 aromatic heterocycles. The number of phenolic OH excluding ortho intramolecular Hbond substituents is 1. The van der Waals surface area contributed by atoms with Crippen molar-refractivity contribution in [1.29, 1.82) is 0 Å². The van der Waals surface area contributed by atoms with Crippen molar-refractivity contribution in [2.75, 3.05) is 5.32 Å². The first-order valence-electron chi connectivity index (χ1n) is 7.88. The van der Waals surface area contributed by atoms with Gasteiger partial charge in [0.25, 0.3) is 5.91 Å². The molecule has 2 heterocycles. The van der Waals surface area contributed by atoms with Crippen molar-refractivity contribution in [1.82, 2.24) is 0 Å². The molecule has 0 fully saturated rings. The van der Waals surface area contributed by atoms with E-state index in [1.807, 2.05) is 0 Å². The summed E-state index contributed by atoms with van der Waals surface area (Å²) in [5.74, 6) is -0.594. The highest BCUT2D eigenvalue weighted by molar-refractivity contribution is 6.38. The van der Waals surface area contributed by atoms with Crippen molar-refractivity contribution in [3.8, 4) is 5.75 Å². The molecule has 5 nitrogen and oxygen atoms in total. The molecular formula is C20H11Cl2NO4. The number of benzene rings is 2. The van der Waals surface area contributed by atoms with E-state index in [4.69, 9.17) is 27.6 Å². The Labute approximate surface area is 163 Å². The summed E-state index contributed by atoms with van der Waals surface area (Å²) in [7, 11) is 0. The average Bonchev–Trinajstić information content (AvgIpc) is 3.27. The average molecular weight is 400 g/mol. The molecule has 2 aromatic carbocycles. The van der Waals surface area contributed by atoms with Gasteiger partial charge in [0.2, 0.25) is 5.78 Å². The Morgan fingerprint density at radius 2 is 1.85 bits per heavy atom. The number of fused-ring (bicyclic) bond motifs is 1. The standard InChI is InChI=1S/C20H11Cl2NO4/c21-14-7-10(8-15(22)19(14)25)6-13-12-9-11(3-4-16(12)23-20(13)26)18(24)17-2-1-5-27-17/h1-9,25H,(H,23,26). The Bertz CT molecular complexity index is 1090. The lowest BCUT2D eigenvalue weighted by molar-refractivity contribution is -0.110. The highest BCUT2D eigenvalue weighted by Gasteiger charge is 2.26. The Balaban J connectivity index is 1.78.